The zero-order valence-electron chi connectivity index (χ0n) is 11.1. The van der Waals surface area contributed by atoms with Crippen LogP contribution in [0.1, 0.15) is 30.6 Å². The molecule has 0 aliphatic carbocycles. The van der Waals surface area contributed by atoms with Gasteiger partial charge in [-0.3, -0.25) is 4.79 Å². The highest BCUT2D eigenvalue weighted by Gasteiger charge is 2.05. The van der Waals surface area contributed by atoms with E-state index >= 15 is 0 Å². The van der Waals surface area contributed by atoms with Crippen molar-refractivity contribution in [2.24, 2.45) is 0 Å². The Morgan fingerprint density at radius 2 is 1.89 bits per heavy atom. The van der Waals surface area contributed by atoms with Crippen LogP contribution >= 0.6 is 15.9 Å². The van der Waals surface area contributed by atoms with Crippen LogP contribution in [0.3, 0.4) is 0 Å². The Morgan fingerprint density at radius 1 is 1.22 bits per heavy atom. The number of hydrogen-bond acceptors (Lipinski definition) is 2. The van der Waals surface area contributed by atoms with Gasteiger partial charge in [-0.15, -0.1) is 0 Å². The van der Waals surface area contributed by atoms with Gasteiger partial charge in [-0.1, -0.05) is 29.8 Å². The van der Waals surface area contributed by atoms with Gasteiger partial charge in [0.15, 0.2) is 0 Å². The van der Waals surface area contributed by atoms with Crippen LogP contribution in [0.2, 0.25) is 0 Å². The Hall–Kier alpha value is -0.870. The average Bonchev–Trinajstić information content (AvgIpc) is 2.38. The molecule has 0 aromatic heterocycles. The van der Waals surface area contributed by atoms with Crippen LogP contribution in [0, 0.1) is 0 Å². The average molecular weight is 313 g/mol. The predicted octanol–water partition coefficient (Wildman–Crippen LogP) is 2.91. The van der Waals surface area contributed by atoms with Crippen LogP contribution in [0.5, 0.6) is 0 Å². The van der Waals surface area contributed by atoms with E-state index in [4.69, 9.17) is 0 Å². The summed E-state index contributed by atoms with van der Waals surface area (Å²) >= 11 is 3.35. The number of carbonyl (C=O) groups is 1. The molecule has 0 fully saturated rings. The maximum atomic E-state index is 11.8. The first kappa shape index (κ1) is 15.2. The van der Waals surface area contributed by atoms with E-state index in [0.717, 1.165) is 30.5 Å². The fourth-order valence-electron chi connectivity index (χ4n) is 1.78. The fraction of sp³-hybridized carbons (Fsp3) is 0.500. The Labute approximate surface area is 118 Å². The van der Waals surface area contributed by atoms with Crippen molar-refractivity contribution in [3.8, 4) is 0 Å². The van der Waals surface area contributed by atoms with Crippen LogP contribution in [-0.4, -0.2) is 37.0 Å². The first-order valence-corrected chi connectivity index (χ1v) is 7.22. The number of likely N-dealkylation sites (N-methyl/N-ethyl adjacent to an activating group) is 1. The highest BCUT2D eigenvalue weighted by Crippen LogP contribution is 2.10. The van der Waals surface area contributed by atoms with Crippen molar-refractivity contribution >= 4 is 21.8 Å². The summed E-state index contributed by atoms with van der Waals surface area (Å²) in [5.74, 6) is -0.00458. The topological polar surface area (TPSA) is 32.3 Å². The normalized spacial score (nSPS) is 10.7. The van der Waals surface area contributed by atoms with Gasteiger partial charge in [0.05, 0.1) is 0 Å². The zero-order valence-corrected chi connectivity index (χ0v) is 12.7. The van der Waals surface area contributed by atoms with Crippen molar-refractivity contribution in [3.05, 3.63) is 34.3 Å². The SMILES string of the molecule is CCCN(CC)CCNC(=O)c1ccc(Br)cc1. The molecule has 1 N–H and O–H groups in total. The van der Waals surface area contributed by atoms with Gasteiger partial charge in [0.2, 0.25) is 0 Å². The Kier molecular flexibility index (Phi) is 6.98. The minimum atomic E-state index is -0.00458. The van der Waals surface area contributed by atoms with Crippen LogP contribution in [0.15, 0.2) is 28.7 Å². The van der Waals surface area contributed by atoms with E-state index < -0.39 is 0 Å². The molecule has 1 aromatic carbocycles. The number of nitrogens with zero attached hydrogens (tertiary/aromatic N) is 1. The largest absolute Gasteiger partial charge is 0.351 e. The summed E-state index contributed by atoms with van der Waals surface area (Å²) in [6.45, 7) is 8.04. The fourth-order valence-corrected chi connectivity index (χ4v) is 2.04. The Morgan fingerprint density at radius 3 is 2.44 bits per heavy atom. The van der Waals surface area contributed by atoms with E-state index in [1.54, 1.807) is 0 Å². The van der Waals surface area contributed by atoms with Crippen molar-refractivity contribution in [1.29, 1.82) is 0 Å². The van der Waals surface area contributed by atoms with Gasteiger partial charge >= 0.3 is 0 Å². The van der Waals surface area contributed by atoms with Crippen LogP contribution < -0.4 is 5.32 Å². The molecule has 100 valence electrons. The third-order valence-electron chi connectivity index (χ3n) is 2.81. The summed E-state index contributed by atoms with van der Waals surface area (Å²) in [6.07, 6.45) is 1.15. The molecule has 1 aromatic rings. The summed E-state index contributed by atoms with van der Waals surface area (Å²) in [7, 11) is 0. The zero-order chi connectivity index (χ0) is 13.4. The number of benzene rings is 1. The van der Waals surface area contributed by atoms with Gasteiger partial charge < -0.3 is 10.2 Å². The van der Waals surface area contributed by atoms with Crippen molar-refractivity contribution in [1.82, 2.24) is 10.2 Å². The van der Waals surface area contributed by atoms with Crippen molar-refractivity contribution in [2.45, 2.75) is 20.3 Å². The standard InChI is InChI=1S/C14H21BrN2O/c1-3-10-17(4-2)11-9-16-14(18)12-5-7-13(15)8-6-12/h5-8H,3-4,9-11H2,1-2H3,(H,16,18). The molecule has 0 radical (unpaired) electrons. The number of hydrogen-bond donors (Lipinski definition) is 1. The van der Waals surface area contributed by atoms with Gasteiger partial charge in [0.1, 0.15) is 0 Å². The summed E-state index contributed by atoms with van der Waals surface area (Å²) in [4.78, 5) is 14.2. The maximum absolute atomic E-state index is 11.8. The number of nitrogens with one attached hydrogen (secondary N) is 1. The molecule has 0 aliphatic rings. The second kappa shape index (κ2) is 8.27. The van der Waals surface area contributed by atoms with Crippen molar-refractivity contribution in [3.63, 3.8) is 0 Å². The molecule has 0 heterocycles. The van der Waals surface area contributed by atoms with Crippen LogP contribution in [0.25, 0.3) is 0 Å². The van der Waals surface area contributed by atoms with Crippen LogP contribution in [0.4, 0.5) is 0 Å². The summed E-state index contributed by atoms with van der Waals surface area (Å²) in [5, 5.41) is 2.95. The molecular weight excluding hydrogens is 292 g/mol. The van der Waals surface area contributed by atoms with Gasteiger partial charge in [-0.05, 0) is 43.8 Å². The second-order valence-electron chi connectivity index (χ2n) is 4.20. The third-order valence-corrected chi connectivity index (χ3v) is 3.34. The van der Waals surface area contributed by atoms with Gasteiger partial charge in [0, 0.05) is 23.1 Å². The molecule has 0 aliphatic heterocycles. The highest BCUT2D eigenvalue weighted by atomic mass is 79.9. The van der Waals surface area contributed by atoms with Crippen LogP contribution in [-0.2, 0) is 0 Å². The molecule has 18 heavy (non-hydrogen) atoms. The molecule has 0 spiro atoms. The minimum absolute atomic E-state index is 0.00458. The van der Waals surface area contributed by atoms with Crippen molar-refractivity contribution < 1.29 is 4.79 Å². The number of carbonyl (C=O) groups excluding carboxylic acids is 1. The van der Waals surface area contributed by atoms with Gasteiger partial charge in [0.25, 0.3) is 5.91 Å². The first-order valence-electron chi connectivity index (χ1n) is 6.43. The molecule has 3 nitrogen and oxygen atoms in total. The van der Waals surface area contributed by atoms with Crippen molar-refractivity contribution in [2.75, 3.05) is 26.2 Å². The van der Waals surface area contributed by atoms with Gasteiger partial charge in [-0.25, -0.2) is 0 Å². The lowest BCUT2D eigenvalue weighted by Crippen LogP contribution is -2.35. The van der Waals surface area contributed by atoms with E-state index in [0.29, 0.717) is 12.1 Å². The van der Waals surface area contributed by atoms with E-state index in [2.05, 4.69) is 40.0 Å². The molecule has 4 heteroatoms. The summed E-state index contributed by atoms with van der Waals surface area (Å²) < 4.78 is 0.985. The molecule has 1 amide bonds. The van der Waals surface area contributed by atoms with Gasteiger partial charge in [-0.2, -0.15) is 0 Å². The molecule has 0 atom stereocenters. The number of rotatable bonds is 7. The quantitative estimate of drug-likeness (QED) is 0.839. The lowest BCUT2D eigenvalue weighted by atomic mass is 10.2. The van der Waals surface area contributed by atoms with E-state index in [1.165, 1.54) is 0 Å². The monoisotopic (exact) mass is 312 g/mol. The minimum Gasteiger partial charge on any atom is -0.351 e. The molecule has 0 saturated heterocycles. The smallest absolute Gasteiger partial charge is 0.251 e. The molecular formula is C14H21BrN2O. The lowest BCUT2D eigenvalue weighted by molar-refractivity contribution is 0.0948. The molecule has 0 unspecified atom stereocenters. The molecule has 1 rings (SSSR count). The highest BCUT2D eigenvalue weighted by molar-refractivity contribution is 9.10. The van der Waals surface area contributed by atoms with E-state index in [-0.39, 0.29) is 5.91 Å². The second-order valence-corrected chi connectivity index (χ2v) is 5.11. The molecule has 0 saturated carbocycles. The number of halogens is 1. The summed E-state index contributed by atoms with van der Waals surface area (Å²) in [6, 6.07) is 7.40. The maximum Gasteiger partial charge on any atom is 0.251 e. The molecule has 0 bridgehead atoms. The third kappa shape index (κ3) is 5.19. The number of amides is 1. The first-order chi connectivity index (χ1) is 8.67. The summed E-state index contributed by atoms with van der Waals surface area (Å²) in [5.41, 5.74) is 0.705. The Balaban J connectivity index is 2.35. The lowest BCUT2D eigenvalue weighted by Gasteiger charge is -2.19. The van der Waals surface area contributed by atoms with E-state index in [9.17, 15) is 4.79 Å². The Bertz CT molecular complexity index is 365. The van der Waals surface area contributed by atoms with E-state index in [1.807, 2.05) is 24.3 Å². The predicted molar refractivity (Wildman–Crippen MR) is 78.9 cm³/mol.